The summed E-state index contributed by atoms with van der Waals surface area (Å²) in [5.74, 6) is -0.290. The molecule has 1 N–H and O–H groups in total. The van der Waals surface area contributed by atoms with Gasteiger partial charge in [-0.2, -0.15) is 0 Å². The zero-order valence-corrected chi connectivity index (χ0v) is 11.7. The van der Waals surface area contributed by atoms with Crippen molar-refractivity contribution < 1.29 is 4.39 Å². The van der Waals surface area contributed by atoms with Crippen LogP contribution >= 0.6 is 11.6 Å². The van der Waals surface area contributed by atoms with Crippen molar-refractivity contribution in [2.24, 2.45) is 5.41 Å². The predicted octanol–water partition coefficient (Wildman–Crippen LogP) is 4.05. The van der Waals surface area contributed by atoms with Crippen LogP contribution in [-0.2, 0) is 6.42 Å². The Hall–Kier alpha value is -0.600. The third-order valence-corrected chi connectivity index (χ3v) is 3.95. The molecule has 1 atom stereocenters. The molecule has 1 aromatic carbocycles. The van der Waals surface area contributed by atoms with Crippen LogP contribution in [0.15, 0.2) is 18.2 Å². The number of rotatable bonds is 5. The maximum atomic E-state index is 13.8. The Kier molecular flexibility index (Phi) is 4.96. The Bertz CT molecular complexity index is 376. The lowest BCUT2D eigenvalue weighted by atomic mass is 9.79. The third-order valence-electron chi connectivity index (χ3n) is 3.66. The number of hydrogen-bond acceptors (Lipinski definition) is 1. The van der Waals surface area contributed by atoms with Crippen molar-refractivity contribution in [1.29, 1.82) is 0 Å². The van der Waals surface area contributed by atoms with Crippen molar-refractivity contribution in [2.45, 2.75) is 39.7 Å². The first-order valence-electron chi connectivity index (χ1n) is 6.02. The minimum atomic E-state index is -0.290. The van der Waals surface area contributed by atoms with Crippen molar-refractivity contribution in [1.82, 2.24) is 5.32 Å². The monoisotopic (exact) mass is 257 g/mol. The Morgan fingerprint density at radius 1 is 1.41 bits per heavy atom. The summed E-state index contributed by atoms with van der Waals surface area (Å²) in [6.45, 7) is 6.53. The number of nitrogens with one attached hydrogen (secondary N) is 1. The molecule has 0 aliphatic carbocycles. The molecule has 1 nitrogen and oxygen atoms in total. The van der Waals surface area contributed by atoms with Crippen molar-refractivity contribution in [3.63, 3.8) is 0 Å². The normalized spacial score (nSPS) is 13.8. The minimum absolute atomic E-state index is 0.128. The van der Waals surface area contributed by atoms with Gasteiger partial charge in [0.1, 0.15) is 5.82 Å². The number of likely N-dealkylation sites (N-methyl/N-ethyl adjacent to an activating group) is 1. The Morgan fingerprint density at radius 2 is 2.06 bits per heavy atom. The summed E-state index contributed by atoms with van der Waals surface area (Å²) in [4.78, 5) is 0. The van der Waals surface area contributed by atoms with Crippen LogP contribution in [0.2, 0.25) is 5.02 Å². The van der Waals surface area contributed by atoms with Crippen LogP contribution in [0, 0.1) is 11.2 Å². The van der Waals surface area contributed by atoms with Crippen LogP contribution in [0.5, 0.6) is 0 Å². The van der Waals surface area contributed by atoms with E-state index in [0.29, 0.717) is 12.0 Å². The molecule has 0 saturated carbocycles. The first kappa shape index (κ1) is 14.5. The highest BCUT2D eigenvalue weighted by atomic mass is 35.5. The zero-order valence-electron chi connectivity index (χ0n) is 11.0. The van der Waals surface area contributed by atoms with E-state index in [1.807, 2.05) is 7.05 Å². The van der Waals surface area contributed by atoms with E-state index in [1.165, 1.54) is 0 Å². The van der Waals surface area contributed by atoms with Crippen molar-refractivity contribution >= 4 is 11.6 Å². The molecular formula is C14H21ClFN. The Morgan fingerprint density at radius 3 is 2.59 bits per heavy atom. The molecule has 1 aromatic rings. The summed E-state index contributed by atoms with van der Waals surface area (Å²) in [5, 5.41) is 3.48. The first-order valence-corrected chi connectivity index (χ1v) is 6.40. The van der Waals surface area contributed by atoms with Crippen LogP contribution in [0.3, 0.4) is 0 Å². The molecule has 3 heteroatoms. The molecule has 1 unspecified atom stereocenters. The topological polar surface area (TPSA) is 12.0 Å². The highest BCUT2D eigenvalue weighted by Crippen LogP contribution is 2.28. The van der Waals surface area contributed by atoms with Gasteiger partial charge in [0.05, 0.1) is 5.02 Å². The molecule has 0 radical (unpaired) electrons. The van der Waals surface area contributed by atoms with Crippen LogP contribution in [0.4, 0.5) is 4.39 Å². The van der Waals surface area contributed by atoms with Gasteiger partial charge in [-0.15, -0.1) is 0 Å². The zero-order chi connectivity index (χ0) is 13.1. The van der Waals surface area contributed by atoms with Gasteiger partial charge < -0.3 is 5.32 Å². The van der Waals surface area contributed by atoms with Crippen LogP contribution < -0.4 is 5.32 Å². The maximum Gasteiger partial charge on any atom is 0.145 e. The second-order valence-corrected chi connectivity index (χ2v) is 5.51. The van der Waals surface area contributed by atoms with Gasteiger partial charge in [-0.3, -0.25) is 0 Å². The molecule has 0 saturated heterocycles. The fraction of sp³-hybridized carbons (Fsp3) is 0.571. The molecule has 0 fully saturated rings. The van der Waals surface area contributed by atoms with E-state index in [1.54, 1.807) is 18.2 Å². The van der Waals surface area contributed by atoms with Crippen LogP contribution in [-0.4, -0.2) is 13.1 Å². The lowest BCUT2D eigenvalue weighted by Gasteiger charge is -2.33. The average Bonchev–Trinajstić information content (AvgIpc) is 2.30. The second-order valence-electron chi connectivity index (χ2n) is 5.10. The van der Waals surface area contributed by atoms with Gasteiger partial charge in [0.25, 0.3) is 0 Å². The van der Waals surface area contributed by atoms with Crippen molar-refractivity contribution in [3.05, 3.63) is 34.6 Å². The predicted molar refractivity (Wildman–Crippen MR) is 72.0 cm³/mol. The third kappa shape index (κ3) is 3.43. The minimum Gasteiger partial charge on any atom is -0.316 e. The Balaban J connectivity index is 2.92. The Labute approximate surface area is 108 Å². The highest BCUT2D eigenvalue weighted by molar-refractivity contribution is 6.30. The van der Waals surface area contributed by atoms with Gasteiger partial charge in [0, 0.05) is 6.04 Å². The highest BCUT2D eigenvalue weighted by Gasteiger charge is 2.27. The first-order chi connectivity index (χ1) is 7.92. The van der Waals surface area contributed by atoms with Crippen LogP contribution in [0.25, 0.3) is 0 Å². The average molecular weight is 258 g/mol. The van der Waals surface area contributed by atoms with E-state index in [2.05, 4.69) is 26.1 Å². The molecule has 96 valence electrons. The lowest BCUT2D eigenvalue weighted by Crippen LogP contribution is -2.41. The van der Waals surface area contributed by atoms with Gasteiger partial charge in [0.2, 0.25) is 0 Å². The smallest absolute Gasteiger partial charge is 0.145 e. The summed E-state index contributed by atoms with van der Waals surface area (Å²) in [7, 11) is 1.92. The quantitative estimate of drug-likeness (QED) is 0.839. The molecule has 1 rings (SSSR count). The van der Waals surface area contributed by atoms with E-state index in [0.717, 1.165) is 6.42 Å². The van der Waals surface area contributed by atoms with E-state index < -0.39 is 0 Å². The molecule has 0 aliphatic rings. The van der Waals surface area contributed by atoms with Crippen molar-refractivity contribution in [3.8, 4) is 0 Å². The summed E-state index contributed by atoms with van der Waals surface area (Å²) in [6, 6.07) is 5.42. The number of benzene rings is 1. The van der Waals surface area contributed by atoms with E-state index in [9.17, 15) is 4.39 Å². The van der Waals surface area contributed by atoms with Crippen LogP contribution in [0.1, 0.15) is 32.8 Å². The van der Waals surface area contributed by atoms with E-state index in [-0.39, 0.29) is 22.3 Å². The van der Waals surface area contributed by atoms with Gasteiger partial charge in [-0.05, 0) is 36.9 Å². The summed E-state index contributed by atoms with van der Waals surface area (Å²) < 4.78 is 13.8. The number of hydrogen-bond donors (Lipinski definition) is 1. The van der Waals surface area contributed by atoms with Gasteiger partial charge in [0.15, 0.2) is 0 Å². The summed E-state index contributed by atoms with van der Waals surface area (Å²) >= 11 is 5.79. The van der Waals surface area contributed by atoms with Gasteiger partial charge in [-0.1, -0.05) is 44.5 Å². The molecule has 0 amide bonds. The standard InChI is InChI=1S/C14H21ClFN/c1-5-14(2,3)12(17-4)9-10-7-6-8-11(15)13(10)16/h6-8,12,17H,5,9H2,1-4H3. The molecule has 0 aromatic heterocycles. The largest absolute Gasteiger partial charge is 0.316 e. The summed E-state index contributed by atoms with van der Waals surface area (Å²) in [5.41, 5.74) is 0.808. The van der Waals surface area contributed by atoms with E-state index >= 15 is 0 Å². The fourth-order valence-corrected chi connectivity index (χ4v) is 2.14. The molecule has 0 heterocycles. The SMILES string of the molecule is CCC(C)(C)C(Cc1cccc(Cl)c1F)NC. The summed E-state index contributed by atoms with van der Waals surface area (Å²) in [6.07, 6.45) is 1.70. The second kappa shape index (κ2) is 5.83. The molecule has 0 aliphatic heterocycles. The van der Waals surface area contributed by atoms with Gasteiger partial charge in [-0.25, -0.2) is 4.39 Å². The molecule has 0 spiro atoms. The lowest BCUT2D eigenvalue weighted by molar-refractivity contribution is 0.239. The molecule has 0 bridgehead atoms. The molecular weight excluding hydrogens is 237 g/mol. The number of halogens is 2. The fourth-order valence-electron chi connectivity index (χ4n) is 1.94. The maximum absolute atomic E-state index is 13.8. The van der Waals surface area contributed by atoms with Gasteiger partial charge >= 0.3 is 0 Å². The van der Waals surface area contributed by atoms with E-state index in [4.69, 9.17) is 11.6 Å². The van der Waals surface area contributed by atoms with Crippen molar-refractivity contribution in [2.75, 3.05) is 7.05 Å². The molecule has 17 heavy (non-hydrogen) atoms.